The Balaban J connectivity index is 1.64. The largest absolute Gasteiger partial charge is 0.493 e. The standard InChI is InChI=1S/C26H35N5O5/c1-7-29-10-12-30(13-11-29)24(32)9-8-19-17(2)28(3)23-16-20(27-31(23)26(19)33)18-14-21(34-4)25(36-6)22(15-18)35-5/h14-16H,7-13H2,1-6H3. The van der Waals surface area contributed by atoms with Crippen molar-refractivity contribution >= 4 is 11.6 Å². The monoisotopic (exact) mass is 497 g/mol. The number of carbonyl (C=O) groups excluding carboxylic acids is 1. The zero-order valence-corrected chi connectivity index (χ0v) is 22.0. The van der Waals surface area contributed by atoms with Gasteiger partial charge in [0.1, 0.15) is 5.65 Å². The third kappa shape index (κ3) is 4.65. The van der Waals surface area contributed by atoms with Crippen LogP contribution in [0.1, 0.15) is 24.6 Å². The molecular weight excluding hydrogens is 462 g/mol. The van der Waals surface area contributed by atoms with Gasteiger partial charge in [-0.15, -0.1) is 0 Å². The van der Waals surface area contributed by atoms with Gasteiger partial charge in [-0.2, -0.15) is 9.61 Å². The molecule has 0 N–H and O–H groups in total. The van der Waals surface area contributed by atoms with Gasteiger partial charge < -0.3 is 28.6 Å². The highest BCUT2D eigenvalue weighted by atomic mass is 16.5. The number of carbonyl (C=O) groups is 1. The lowest BCUT2D eigenvalue weighted by molar-refractivity contribution is -0.132. The van der Waals surface area contributed by atoms with Crippen molar-refractivity contribution in [3.8, 4) is 28.5 Å². The van der Waals surface area contributed by atoms with Crippen LogP contribution < -0.4 is 19.8 Å². The number of rotatable bonds is 8. The Morgan fingerprint density at radius 1 is 1.00 bits per heavy atom. The summed E-state index contributed by atoms with van der Waals surface area (Å²) in [4.78, 5) is 30.5. The molecular formula is C26H35N5O5. The fraction of sp³-hybridized carbons (Fsp3) is 0.500. The molecule has 0 atom stereocenters. The Hall–Kier alpha value is -3.53. The quantitative estimate of drug-likeness (QED) is 0.471. The van der Waals surface area contributed by atoms with E-state index in [2.05, 4.69) is 16.9 Å². The Kier molecular flexibility index (Phi) is 7.53. The second-order valence-corrected chi connectivity index (χ2v) is 8.96. The molecule has 10 nitrogen and oxygen atoms in total. The van der Waals surface area contributed by atoms with E-state index < -0.39 is 0 Å². The Labute approximate surface area is 211 Å². The topological polar surface area (TPSA) is 90.5 Å². The van der Waals surface area contributed by atoms with Gasteiger partial charge in [-0.05, 0) is 32.0 Å². The van der Waals surface area contributed by atoms with Gasteiger partial charge >= 0.3 is 0 Å². The van der Waals surface area contributed by atoms with Crippen molar-refractivity contribution in [2.75, 3.05) is 54.1 Å². The number of methoxy groups -OCH3 is 3. The highest BCUT2D eigenvalue weighted by molar-refractivity contribution is 5.76. The van der Waals surface area contributed by atoms with Gasteiger partial charge in [0.05, 0.1) is 27.0 Å². The van der Waals surface area contributed by atoms with E-state index in [1.165, 1.54) is 4.52 Å². The van der Waals surface area contributed by atoms with Crippen molar-refractivity contribution < 1.29 is 19.0 Å². The molecule has 1 aliphatic heterocycles. The molecule has 3 heterocycles. The molecule has 1 aliphatic rings. The molecule has 1 fully saturated rings. The van der Waals surface area contributed by atoms with Crippen LogP contribution in [0.5, 0.6) is 17.2 Å². The highest BCUT2D eigenvalue weighted by Gasteiger charge is 2.22. The van der Waals surface area contributed by atoms with E-state index in [-0.39, 0.29) is 11.5 Å². The molecule has 2 aromatic heterocycles. The van der Waals surface area contributed by atoms with E-state index in [0.717, 1.165) is 44.0 Å². The maximum absolute atomic E-state index is 13.4. The van der Waals surface area contributed by atoms with Crippen molar-refractivity contribution in [2.24, 2.45) is 7.05 Å². The van der Waals surface area contributed by atoms with Crippen LogP contribution in [-0.2, 0) is 18.3 Å². The normalized spacial score (nSPS) is 14.3. The summed E-state index contributed by atoms with van der Waals surface area (Å²) in [5.41, 5.74) is 3.21. The second-order valence-electron chi connectivity index (χ2n) is 8.96. The number of aromatic nitrogens is 3. The average molecular weight is 498 g/mol. The van der Waals surface area contributed by atoms with Crippen LogP contribution in [0.2, 0.25) is 0 Å². The summed E-state index contributed by atoms with van der Waals surface area (Å²) in [6, 6.07) is 5.47. The fourth-order valence-corrected chi connectivity index (χ4v) is 4.78. The Bertz CT molecular complexity index is 1300. The van der Waals surface area contributed by atoms with Crippen molar-refractivity contribution in [3.63, 3.8) is 0 Å². The number of fused-ring (bicyclic) bond motifs is 1. The number of ether oxygens (including phenoxy) is 3. The van der Waals surface area contributed by atoms with E-state index in [4.69, 9.17) is 14.2 Å². The van der Waals surface area contributed by atoms with Gasteiger partial charge in [-0.25, -0.2) is 0 Å². The lowest BCUT2D eigenvalue weighted by atomic mass is 10.1. The summed E-state index contributed by atoms with van der Waals surface area (Å²) in [5, 5.41) is 4.62. The summed E-state index contributed by atoms with van der Waals surface area (Å²) in [6.07, 6.45) is 0.676. The average Bonchev–Trinajstić information content (AvgIpc) is 3.37. The lowest BCUT2D eigenvalue weighted by Crippen LogP contribution is -2.48. The molecule has 0 bridgehead atoms. The molecule has 4 rings (SSSR count). The van der Waals surface area contributed by atoms with Gasteiger partial charge in [-0.3, -0.25) is 9.59 Å². The van der Waals surface area contributed by atoms with E-state index in [1.807, 2.05) is 29.5 Å². The number of nitrogens with zero attached hydrogens (tertiary/aromatic N) is 5. The third-order valence-electron chi connectivity index (χ3n) is 7.15. The number of hydrogen-bond acceptors (Lipinski definition) is 7. The minimum atomic E-state index is -0.206. The first-order chi connectivity index (χ1) is 17.3. The SMILES string of the molecule is CCN1CCN(C(=O)CCc2c(C)n(C)c3cc(-c4cc(OC)c(OC)c(OC)c4)nn3c2=O)CC1. The Morgan fingerprint density at radius 3 is 2.19 bits per heavy atom. The molecule has 1 aromatic carbocycles. The highest BCUT2D eigenvalue weighted by Crippen LogP contribution is 2.41. The summed E-state index contributed by atoms with van der Waals surface area (Å²) in [7, 11) is 6.57. The van der Waals surface area contributed by atoms with Crippen LogP contribution in [0.25, 0.3) is 16.9 Å². The van der Waals surface area contributed by atoms with Crippen LogP contribution in [0, 0.1) is 6.92 Å². The van der Waals surface area contributed by atoms with Crippen LogP contribution >= 0.6 is 0 Å². The van der Waals surface area contributed by atoms with Crippen LogP contribution in [0.4, 0.5) is 0 Å². The van der Waals surface area contributed by atoms with E-state index in [9.17, 15) is 9.59 Å². The second kappa shape index (κ2) is 10.6. The minimum absolute atomic E-state index is 0.0888. The molecule has 0 radical (unpaired) electrons. The van der Waals surface area contributed by atoms with E-state index in [0.29, 0.717) is 47.0 Å². The molecule has 36 heavy (non-hydrogen) atoms. The summed E-state index contributed by atoms with van der Waals surface area (Å²) in [5.74, 6) is 1.59. The van der Waals surface area contributed by atoms with E-state index in [1.54, 1.807) is 33.5 Å². The van der Waals surface area contributed by atoms with Crippen LogP contribution in [0.15, 0.2) is 23.0 Å². The van der Waals surface area contributed by atoms with Crippen molar-refractivity contribution in [1.29, 1.82) is 0 Å². The molecule has 0 aliphatic carbocycles. The summed E-state index contributed by atoms with van der Waals surface area (Å²) >= 11 is 0. The van der Waals surface area contributed by atoms with Crippen LogP contribution in [-0.4, -0.2) is 83.9 Å². The molecule has 10 heteroatoms. The number of hydrogen-bond donors (Lipinski definition) is 0. The molecule has 194 valence electrons. The number of piperazine rings is 1. The summed E-state index contributed by atoms with van der Waals surface area (Å²) in [6.45, 7) is 8.30. The minimum Gasteiger partial charge on any atom is -0.493 e. The first kappa shape index (κ1) is 25.6. The first-order valence-electron chi connectivity index (χ1n) is 12.2. The van der Waals surface area contributed by atoms with Gasteiger partial charge in [0, 0.05) is 62.5 Å². The molecule has 3 aromatic rings. The number of benzene rings is 1. The van der Waals surface area contributed by atoms with E-state index >= 15 is 0 Å². The molecule has 0 unspecified atom stereocenters. The number of aryl methyl sites for hydroxylation is 1. The predicted molar refractivity (Wildman–Crippen MR) is 137 cm³/mol. The maximum Gasteiger partial charge on any atom is 0.277 e. The van der Waals surface area contributed by atoms with Crippen LogP contribution in [0.3, 0.4) is 0 Å². The Morgan fingerprint density at radius 2 is 1.64 bits per heavy atom. The summed E-state index contributed by atoms with van der Waals surface area (Å²) < 4.78 is 19.7. The van der Waals surface area contributed by atoms with Gasteiger partial charge in [0.25, 0.3) is 5.56 Å². The van der Waals surface area contributed by atoms with Gasteiger partial charge in [0.2, 0.25) is 11.7 Å². The third-order valence-corrected chi connectivity index (χ3v) is 7.15. The van der Waals surface area contributed by atoms with Crippen molar-refractivity contribution in [1.82, 2.24) is 24.0 Å². The van der Waals surface area contributed by atoms with Gasteiger partial charge in [-0.1, -0.05) is 6.92 Å². The smallest absolute Gasteiger partial charge is 0.277 e. The fourth-order valence-electron chi connectivity index (χ4n) is 4.78. The zero-order valence-electron chi connectivity index (χ0n) is 22.0. The molecule has 0 saturated carbocycles. The molecule has 1 amide bonds. The van der Waals surface area contributed by atoms with Gasteiger partial charge in [0.15, 0.2) is 11.5 Å². The number of likely N-dealkylation sites (N-methyl/N-ethyl adjacent to an activating group) is 1. The maximum atomic E-state index is 13.4. The molecule has 0 spiro atoms. The van der Waals surface area contributed by atoms with Crippen molar-refractivity contribution in [3.05, 3.63) is 39.8 Å². The predicted octanol–water partition coefficient (Wildman–Crippen LogP) is 2.13. The first-order valence-corrected chi connectivity index (χ1v) is 12.2. The zero-order chi connectivity index (χ0) is 26.0. The lowest BCUT2D eigenvalue weighted by Gasteiger charge is -2.34. The number of amides is 1. The molecule has 1 saturated heterocycles. The van der Waals surface area contributed by atoms with Crippen molar-refractivity contribution in [2.45, 2.75) is 26.7 Å².